The van der Waals surface area contributed by atoms with Crippen LogP contribution in [0, 0.1) is 5.41 Å². The van der Waals surface area contributed by atoms with E-state index in [9.17, 15) is 23.2 Å². The van der Waals surface area contributed by atoms with Gasteiger partial charge in [0.2, 0.25) is 5.91 Å². The fourth-order valence-electron chi connectivity index (χ4n) is 3.94. The Morgan fingerprint density at radius 3 is 2.23 bits per heavy atom. The Balaban J connectivity index is 2.11. The minimum atomic E-state index is -2.96. The van der Waals surface area contributed by atoms with E-state index in [1.807, 2.05) is 13.8 Å². The summed E-state index contributed by atoms with van der Waals surface area (Å²) in [5.41, 5.74) is -1.56. The maximum atomic E-state index is 12.9. The zero-order valence-electron chi connectivity index (χ0n) is 18.1. The van der Waals surface area contributed by atoms with Crippen LogP contribution in [-0.4, -0.2) is 41.4 Å². The van der Waals surface area contributed by atoms with Gasteiger partial charge in [0.05, 0.1) is 0 Å². The Kier molecular flexibility index (Phi) is 6.44. The lowest BCUT2D eigenvalue weighted by molar-refractivity contribution is -0.135. The number of ether oxygens (including phenoxy) is 1. The summed E-state index contributed by atoms with van der Waals surface area (Å²) in [7, 11) is 0. The minimum Gasteiger partial charge on any atom is -0.435 e. The normalized spacial score (nSPS) is 19.8. The van der Waals surface area contributed by atoms with Crippen LogP contribution in [0.1, 0.15) is 53.5 Å². The first-order valence-electron chi connectivity index (χ1n) is 9.63. The number of nitrogens with zero attached hydrogens (tertiary/aromatic N) is 1. The summed E-state index contributed by atoms with van der Waals surface area (Å²) in [5.74, 6) is -1.11. The Labute approximate surface area is 175 Å². The second kappa shape index (κ2) is 8.20. The molecule has 0 radical (unpaired) electrons. The third-order valence-electron chi connectivity index (χ3n) is 4.68. The second-order valence-corrected chi connectivity index (χ2v) is 9.52. The van der Waals surface area contributed by atoms with Gasteiger partial charge in [-0.3, -0.25) is 14.5 Å². The molecule has 1 heterocycles. The molecule has 0 bridgehead atoms. The van der Waals surface area contributed by atoms with Crippen molar-refractivity contribution < 1.29 is 27.9 Å². The maximum Gasteiger partial charge on any atom is 0.387 e. The third kappa shape index (κ3) is 5.67. The number of carbonyl (C=O) groups is 3. The Morgan fingerprint density at radius 2 is 1.73 bits per heavy atom. The number of carbonyl (C=O) groups excluding carboxylic acids is 3. The van der Waals surface area contributed by atoms with Crippen LogP contribution in [0.3, 0.4) is 0 Å². The molecule has 1 aliphatic heterocycles. The lowest BCUT2D eigenvalue weighted by Crippen LogP contribution is -2.50. The van der Waals surface area contributed by atoms with Crippen molar-refractivity contribution in [1.29, 1.82) is 0 Å². The van der Waals surface area contributed by atoms with Crippen molar-refractivity contribution in [3.8, 4) is 5.75 Å². The Bertz CT molecular complexity index is 819. The van der Waals surface area contributed by atoms with Gasteiger partial charge >= 0.3 is 12.6 Å². The molecule has 0 aliphatic carbocycles. The van der Waals surface area contributed by atoms with E-state index >= 15 is 0 Å². The van der Waals surface area contributed by atoms with Crippen LogP contribution in [0.5, 0.6) is 5.75 Å². The van der Waals surface area contributed by atoms with Gasteiger partial charge in [-0.25, -0.2) is 4.79 Å². The molecule has 166 valence electrons. The number of amides is 4. The molecular weight excluding hydrogens is 396 g/mol. The highest BCUT2D eigenvalue weighted by Crippen LogP contribution is 2.31. The van der Waals surface area contributed by atoms with Gasteiger partial charge < -0.3 is 15.4 Å². The molecule has 30 heavy (non-hydrogen) atoms. The third-order valence-corrected chi connectivity index (χ3v) is 4.68. The molecule has 1 aliphatic rings. The fraction of sp³-hybridized carbons (Fsp3) is 0.571. The summed E-state index contributed by atoms with van der Waals surface area (Å²) >= 11 is 0. The summed E-state index contributed by atoms with van der Waals surface area (Å²) in [4.78, 5) is 38.7. The summed E-state index contributed by atoms with van der Waals surface area (Å²) < 4.78 is 28.9. The van der Waals surface area contributed by atoms with Gasteiger partial charge in [-0.15, -0.1) is 0 Å². The number of hydrogen-bond donors (Lipinski definition) is 2. The van der Waals surface area contributed by atoms with E-state index in [-0.39, 0.29) is 11.2 Å². The molecule has 0 unspecified atom stereocenters. The average Bonchev–Trinajstić information content (AvgIpc) is 2.76. The average molecular weight is 425 g/mol. The predicted octanol–water partition coefficient (Wildman–Crippen LogP) is 3.39. The summed E-state index contributed by atoms with van der Waals surface area (Å²) in [5, 5.41) is 5.45. The highest BCUT2D eigenvalue weighted by molar-refractivity contribution is 6.09. The Hall–Kier alpha value is -2.71. The van der Waals surface area contributed by atoms with Crippen molar-refractivity contribution in [3.05, 3.63) is 29.8 Å². The molecule has 0 aromatic heterocycles. The van der Waals surface area contributed by atoms with Crippen molar-refractivity contribution in [2.24, 2.45) is 5.41 Å². The second-order valence-electron chi connectivity index (χ2n) is 9.52. The van der Waals surface area contributed by atoms with Gasteiger partial charge in [0.1, 0.15) is 17.8 Å². The van der Waals surface area contributed by atoms with E-state index in [0.29, 0.717) is 12.0 Å². The topological polar surface area (TPSA) is 87.7 Å². The monoisotopic (exact) mass is 425 g/mol. The lowest BCUT2D eigenvalue weighted by atomic mass is 9.82. The summed E-state index contributed by atoms with van der Waals surface area (Å²) in [6.45, 7) is 8.06. The van der Waals surface area contributed by atoms with Gasteiger partial charge in [0.25, 0.3) is 5.91 Å². The molecule has 1 fully saturated rings. The first-order valence-corrected chi connectivity index (χ1v) is 9.63. The molecule has 4 amide bonds. The van der Waals surface area contributed by atoms with E-state index < -0.39 is 42.1 Å². The van der Waals surface area contributed by atoms with Gasteiger partial charge in [-0.1, -0.05) is 32.9 Å². The number of rotatable bonds is 7. The zero-order valence-corrected chi connectivity index (χ0v) is 18.1. The molecule has 0 saturated carbocycles. The van der Waals surface area contributed by atoms with Crippen molar-refractivity contribution in [2.75, 3.05) is 6.54 Å². The first-order chi connectivity index (χ1) is 13.6. The maximum absolute atomic E-state index is 12.9. The van der Waals surface area contributed by atoms with E-state index in [4.69, 9.17) is 0 Å². The van der Waals surface area contributed by atoms with Crippen molar-refractivity contribution in [1.82, 2.24) is 15.5 Å². The fourth-order valence-corrected chi connectivity index (χ4v) is 3.94. The molecule has 7 nitrogen and oxygen atoms in total. The molecule has 9 heteroatoms. The van der Waals surface area contributed by atoms with E-state index in [1.165, 1.54) is 31.2 Å². The lowest BCUT2D eigenvalue weighted by Gasteiger charge is -2.33. The molecule has 0 spiro atoms. The summed E-state index contributed by atoms with van der Waals surface area (Å²) in [6, 6.07) is 4.73. The van der Waals surface area contributed by atoms with E-state index in [0.717, 1.165) is 4.90 Å². The highest BCUT2D eigenvalue weighted by Gasteiger charge is 2.49. The molecule has 2 N–H and O–H groups in total. The van der Waals surface area contributed by atoms with Crippen LogP contribution in [-0.2, 0) is 15.1 Å². The van der Waals surface area contributed by atoms with Crippen molar-refractivity contribution in [2.45, 2.75) is 65.7 Å². The number of halogens is 2. The predicted molar refractivity (Wildman–Crippen MR) is 107 cm³/mol. The standard InChI is InChI=1S/C21H29F2N3O4/c1-19(2,3)12-20(4,5)24-15(27)11-26-16(28)21(6,25-18(26)29)13-7-9-14(10-8-13)30-17(22)23/h7-10,17H,11-12H2,1-6H3,(H,24,27)(H,25,29)/t21-/m0/s1. The smallest absolute Gasteiger partial charge is 0.387 e. The first kappa shape index (κ1) is 23.6. The number of alkyl halides is 2. The van der Waals surface area contributed by atoms with Gasteiger partial charge in [-0.05, 0) is 50.3 Å². The van der Waals surface area contributed by atoms with Crippen LogP contribution < -0.4 is 15.4 Å². The van der Waals surface area contributed by atoms with Crippen molar-refractivity contribution in [3.63, 3.8) is 0 Å². The largest absolute Gasteiger partial charge is 0.435 e. The number of imide groups is 1. The molecule has 1 aromatic carbocycles. The van der Waals surface area contributed by atoms with Gasteiger partial charge in [0, 0.05) is 5.54 Å². The molecule has 1 atom stereocenters. The van der Waals surface area contributed by atoms with E-state index in [2.05, 4.69) is 36.1 Å². The van der Waals surface area contributed by atoms with Gasteiger partial charge in [-0.2, -0.15) is 8.78 Å². The number of nitrogens with one attached hydrogen (secondary N) is 2. The number of urea groups is 1. The number of benzene rings is 1. The van der Waals surface area contributed by atoms with Crippen molar-refractivity contribution >= 4 is 17.8 Å². The van der Waals surface area contributed by atoms with Crippen LogP contribution in [0.25, 0.3) is 0 Å². The Morgan fingerprint density at radius 1 is 1.17 bits per heavy atom. The molecule has 1 saturated heterocycles. The van der Waals surface area contributed by atoms with Gasteiger partial charge in [0.15, 0.2) is 0 Å². The SMILES string of the molecule is CC(C)(C)CC(C)(C)NC(=O)CN1C(=O)N[C@@](C)(c2ccc(OC(F)F)cc2)C1=O. The minimum absolute atomic E-state index is 0.0175. The molecular formula is C21H29F2N3O4. The number of hydrogen-bond acceptors (Lipinski definition) is 4. The van der Waals surface area contributed by atoms with Crippen LogP contribution in [0.2, 0.25) is 0 Å². The zero-order chi connectivity index (χ0) is 22.9. The summed E-state index contributed by atoms with van der Waals surface area (Å²) in [6.07, 6.45) is 0.705. The molecule has 1 aromatic rings. The van der Waals surface area contributed by atoms with Crippen LogP contribution in [0.15, 0.2) is 24.3 Å². The van der Waals surface area contributed by atoms with Crippen LogP contribution >= 0.6 is 0 Å². The van der Waals surface area contributed by atoms with E-state index in [1.54, 1.807) is 0 Å². The quantitative estimate of drug-likeness (QED) is 0.656. The van der Waals surface area contributed by atoms with Crippen LogP contribution in [0.4, 0.5) is 13.6 Å². The highest BCUT2D eigenvalue weighted by atomic mass is 19.3. The molecule has 2 rings (SSSR count).